The van der Waals surface area contributed by atoms with Crippen molar-refractivity contribution in [1.82, 2.24) is 9.38 Å². The van der Waals surface area contributed by atoms with Gasteiger partial charge >= 0.3 is 5.97 Å². The van der Waals surface area contributed by atoms with Gasteiger partial charge in [0, 0.05) is 16.8 Å². The van der Waals surface area contributed by atoms with Crippen LogP contribution in [0, 0.1) is 6.92 Å². The Hall–Kier alpha value is -2.33. The zero-order valence-electron chi connectivity index (χ0n) is 10.7. The molecule has 1 N–H and O–H groups in total. The lowest BCUT2D eigenvalue weighted by molar-refractivity contribution is 0.0690. The molecular formula is C15H11ClN2O2. The number of nitrogens with zero attached hydrogens (tertiary/aromatic N) is 2. The highest BCUT2D eigenvalue weighted by molar-refractivity contribution is 6.30. The molecule has 0 aliphatic carbocycles. The lowest BCUT2D eigenvalue weighted by Gasteiger charge is -2.01. The summed E-state index contributed by atoms with van der Waals surface area (Å²) in [5.41, 5.74) is 2.82. The Morgan fingerprint density at radius 1 is 1.30 bits per heavy atom. The smallest absolute Gasteiger partial charge is 0.355 e. The third-order valence-electron chi connectivity index (χ3n) is 3.15. The molecule has 20 heavy (non-hydrogen) atoms. The molecule has 0 saturated carbocycles. The van der Waals surface area contributed by atoms with Crippen molar-refractivity contribution in [2.45, 2.75) is 6.92 Å². The molecule has 2 aromatic heterocycles. The van der Waals surface area contributed by atoms with Crippen molar-refractivity contribution >= 4 is 23.2 Å². The van der Waals surface area contributed by atoms with Crippen LogP contribution < -0.4 is 0 Å². The number of aromatic carboxylic acids is 1. The molecule has 0 atom stereocenters. The zero-order chi connectivity index (χ0) is 14.3. The fourth-order valence-electron chi connectivity index (χ4n) is 2.25. The number of aromatic nitrogens is 2. The Morgan fingerprint density at radius 3 is 2.80 bits per heavy atom. The van der Waals surface area contributed by atoms with Crippen LogP contribution in [0.1, 0.15) is 16.1 Å². The normalized spacial score (nSPS) is 10.9. The first-order chi connectivity index (χ1) is 9.58. The van der Waals surface area contributed by atoms with E-state index in [1.165, 1.54) is 0 Å². The maximum Gasteiger partial charge on any atom is 0.355 e. The maximum atomic E-state index is 11.6. The van der Waals surface area contributed by atoms with Crippen LogP contribution in [0.5, 0.6) is 0 Å². The van der Waals surface area contributed by atoms with E-state index in [0.29, 0.717) is 21.9 Å². The quantitative estimate of drug-likeness (QED) is 0.782. The fraction of sp³-hybridized carbons (Fsp3) is 0.0667. The lowest BCUT2D eigenvalue weighted by atomic mass is 10.1. The van der Waals surface area contributed by atoms with E-state index in [-0.39, 0.29) is 5.69 Å². The van der Waals surface area contributed by atoms with Crippen LogP contribution in [0.15, 0.2) is 42.6 Å². The molecule has 2 heterocycles. The number of benzene rings is 1. The second-order valence-electron chi connectivity index (χ2n) is 4.51. The molecule has 3 rings (SSSR count). The number of aryl methyl sites for hydroxylation is 1. The Balaban J connectivity index is 2.38. The highest BCUT2D eigenvalue weighted by Crippen LogP contribution is 2.27. The van der Waals surface area contributed by atoms with Crippen LogP contribution in [-0.2, 0) is 0 Å². The van der Waals surface area contributed by atoms with E-state index in [9.17, 15) is 9.90 Å². The number of fused-ring (bicyclic) bond motifs is 1. The van der Waals surface area contributed by atoms with Crippen molar-refractivity contribution in [1.29, 1.82) is 0 Å². The average Bonchev–Trinajstić information content (AvgIpc) is 2.79. The highest BCUT2D eigenvalue weighted by atomic mass is 35.5. The number of rotatable bonds is 2. The molecule has 3 aromatic rings. The largest absolute Gasteiger partial charge is 0.476 e. The standard InChI is InChI=1S/C15H11ClN2O2/c1-9-4-3-7-18-13(15(19)20)12(17-14(9)18)10-5-2-6-11(16)8-10/h2-8H,1H3,(H,19,20). The van der Waals surface area contributed by atoms with Crippen molar-refractivity contribution in [2.75, 3.05) is 0 Å². The molecule has 0 fully saturated rings. The average molecular weight is 287 g/mol. The van der Waals surface area contributed by atoms with Crippen molar-refractivity contribution in [2.24, 2.45) is 0 Å². The number of hydrogen-bond acceptors (Lipinski definition) is 2. The zero-order valence-corrected chi connectivity index (χ0v) is 11.4. The van der Waals surface area contributed by atoms with E-state index in [1.807, 2.05) is 13.0 Å². The Bertz CT molecular complexity index is 824. The van der Waals surface area contributed by atoms with Crippen LogP contribution in [0.4, 0.5) is 0 Å². The molecule has 100 valence electrons. The first-order valence-corrected chi connectivity index (χ1v) is 6.42. The molecule has 1 aromatic carbocycles. The van der Waals surface area contributed by atoms with Crippen LogP contribution in [-0.4, -0.2) is 20.5 Å². The van der Waals surface area contributed by atoms with Gasteiger partial charge in [0.15, 0.2) is 5.69 Å². The maximum absolute atomic E-state index is 11.6. The molecule has 5 heteroatoms. The molecule has 0 bridgehead atoms. The van der Waals surface area contributed by atoms with E-state index in [1.54, 1.807) is 40.9 Å². The molecule has 0 aliphatic rings. The van der Waals surface area contributed by atoms with Crippen LogP contribution in [0.3, 0.4) is 0 Å². The van der Waals surface area contributed by atoms with Crippen molar-refractivity contribution in [3.63, 3.8) is 0 Å². The molecule has 0 amide bonds. The molecule has 0 spiro atoms. The third kappa shape index (κ3) is 1.94. The van der Waals surface area contributed by atoms with Crippen molar-refractivity contribution < 1.29 is 9.90 Å². The number of carbonyl (C=O) groups is 1. The van der Waals surface area contributed by atoms with Crippen molar-refractivity contribution in [3.05, 3.63) is 58.9 Å². The molecule has 0 aliphatic heterocycles. The topological polar surface area (TPSA) is 54.6 Å². The van der Waals surface area contributed by atoms with Crippen LogP contribution in [0.2, 0.25) is 5.02 Å². The van der Waals surface area contributed by atoms with Gasteiger partial charge in [0.25, 0.3) is 0 Å². The van der Waals surface area contributed by atoms with Gasteiger partial charge in [-0.3, -0.25) is 4.40 Å². The second-order valence-corrected chi connectivity index (χ2v) is 4.95. The van der Waals surface area contributed by atoms with Gasteiger partial charge in [-0.25, -0.2) is 9.78 Å². The number of halogens is 1. The van der Waals surface area contributed by atoms with Gasteiger partial charge in [-0.15, -0.1) is 0 Å². The predicted molar refractivity (Wildman–Crippen MR) is 77.3 cm³/mol. The summed E-state index contributed by atoms with van der Waals surface area (Å²) in [5, 5.41) is 10.0. The highest BCUT2D eigenvalue weighted by Gasteiger charge is 2.20. The summed E-state index contributed by atoms with van der Waals surface area (Å²) in [5.74, 6) is -1.02. The summed E-state index contributed by atoms with van der Waals surface area (Å²) < 4.78 is 1.59. The van der Waals surface area contributed by atoms with Gasteiger partial charge in [0.2, 0.25) is 0 Å². The molecule has 4 nitrogen and oxygen atoms in total. The van der Waals surface area contributed by atoms with E-state index in [2.05, 4.69) is 4.98 Å². The minimum absolute atomic E-state index is 0.144. The number of carboxylic acids is 1. The van der Waals surface area contributed by atoms with E-state index >= 15 is 0 Å². The van der Waals surface area contributed by atoms with Crippen LogP contribution in [0.25, 0.3) is 16.9 Å². The van der Waals surface area contributed by atoms with E-state index in [4.69, 9.17) is 11.6 Å². The summed E-state index contributed by atoms with van der Waals surface area (Å²) in [7, 11) is 0. The van der Waals surface area contributed by atoms with Crippen LogP contribution >= 0.6 is 11.6 Å². The van der Waals surface area contributed by atoms with Gasteiger partial charge in [-0.2, -0.15) is 0 Å². The number of pyridine rings is 1. The summed E-state index contributed by atoms with van der Waals surface area (Å²) in [6.45, 7) is 1.90. The fourth-order valence-corrected chi connectivity index (χ4v) is 2.44. The predicted octanol–water partition coefficient (Wildman–Crippen LogP) is 3.66. The summed E-state index contributed by atoms with van der Waals surface area (Å²) in [4.78, 5) is 16.0. The number of carboxylic acid groups (broad SMARTS) is 1. The van der Waals surface area contributed by atoms with Gasteiger partial charge < -0.3 is 5.11 Å². The van der Waals surface area contributed by atoms with Crippen molar-refractivity contribution in [3.8, 4) is 11.3 Å². The minimum atomic E-state index is -1.02. The summed E-state index contributed by atoms with van der Waals surface area (Å²) >= 11 is 5.97. The first-order valence-electron chi connectivity index (χ1n) is 6.05. The molecule has 0 radical (unpaired) electrons. The number of hydrogen-bond donors (Lipinski definition) is 1. The first kappa shape index (κ1) is 12.7. The Morgan fingerprint density at radius 2 is 2.10 bits per heavy atom. The van der Waals surface area contributed by atoms with E-state index < -0.39 is 5.97 Å². The molecular weight excluding hydrogens is 276 g/mol. The van der Waals surface area contributed by atoms with Gasteiger partial charge in [0.1, 0.15) is 11.3 Å². The third-order valence-corrected chi connectivity index (χ3v) is 3.38. The van der Waals surface area contributed by atoms with Gasteiger partial charge in [-0.1, -0.05) is 29.8 Å². The second kappa shape index (κ2) is 4.65. The summed E-state index contributed by atoms with van der Waals surface area (Å²) in [6, 6.07) is 10.7. The lowest BCUT2D eigenvalue weighted by Crippen LogP contribution is -2.03. The SMILES string of the molecule is Cc1cccn2c(C(=O)O)c(-c3cccc(Cl)c3)nc12. The van der Waals surface area contributed by atoms with Gasteiger partial charge in [0.05, 0.1) is 0 Å². The molecule has 0 unspecified atom stereocenters. The minimum Gasteiger partial charge on any atom is -0.476 e. The number of imidazole rings is 1. The molecule has 0 saturated heterocycles. The monoisotopic (exact) mass is 286 g/mol. The summed E-state index contributed by atoms with van der Waals surface area (Å²) in [6.07, 6.45) is 1.70. The van der Waals surface area contributed by atoms with Gasteiger partial charge in [-0.05, 0) is 30.7 Å². The Kier molecular flexibility index (Phi) is 2.95. The Labute approximate surface area is 120 Å². The van der Waals surface area contributed by atoms with E-state index in [0.717, 1.165) is 5.56 Å².